The van der Waals surface area contributed by atoms with Gasteiger partial charge in [-0.05, 0) is 54.5 Å². The summed E-state index contributed by atoms with van der Waals surface area (Å²) in [5.41, 5.74) is 1.85. The Labute approximate surface area is 284 Å². The molecule has 8 heteroatoms. The van der Waals surface area contributed by atoms with E-state index >= 15 is 0 Å². The number of Topliss-reactive ketones (excluding diaryl/α,β-unsaturated/α-hetero) is 1. The number of fused-ring (bicyclic) bond motifs is 1. The summed E-state index contributed by atoms with van der Waals surface area (Å²) >= 11 is 0. The number of aliphatic hydroxyl groups is 3. The van der Waals surface area contributed by atoms with Crippen LogP contribution in [-0.4, -0.2) is 51.6 Å². The summed E-state index contributed by atoms with van der Waals surface area (Å²) in [5, 5.41) is 34.9. The molecule has 0 aromatic heterocycles. The molecule has 256 valence electrons. The molecule has 2 aromatic carbocycles. The van der Waals surface area contributed by atoms with E-state index in [1.54, 1.807) is 12.2 Å². The van der Waals surface area contributed by atoms with E-state index in [2.05, 4.69) is 24.2 Å². The van der Waals surface area contributed by atoms with Crippen LogP contribution in [0.15, 0.2) is 112 Å². The maximum atomic E-state index is 14.0. The van der Waals surface area contributed by atoms with E-state index in [0.717, 1.165) is 42.0 Å². The van der Waals surface area contributed by atoms with Gasteiger partial charge in [0, 0.05) is 36.0 Å². The van der Waals surface area contributed by atoms with E-state index in [9.17, 15) is 24.9 Å². The lowest BCUT2D eigenvalue weighted by molar-refractivity contribution is -0.151. The number of hydrogen-bond acceptors (Lipinski definition) is 8. The molecule has 0 spiro atoms. The van der Waals surface area contributed by atoms with Crippen molar-refractivity contribution in [1.29, 1.82) is 0 Å². The van der Waals surface area contributed by atoms with Gasteiger partial charge >= 0.3 is 5.97 Å². The van der Waals surface area contributed by atoms with E-state index < -0.39 is 30.1 Å². The second-order valence-electron chi connectivity index (χ2n) is 13.0. The molecule has 0 amide bonds. The molecule has 1 aliphatic carbocycles. The summed E-state index contributed by atoms with van der Waals surface area (Å²) in [6, 6.07) is 19.5. The fourth-order valence-corrected chi connectivity index (χ4v) is 6.00. The third-order valence-corrected chi connectivity index (χ3v) is 9.15. The predicted octanol–water partition coefficient (Wildman–Crippen LogP) is 6.99. The lowest BCUT2D eigenvalue weighted by Crippen LogP contribution is -2.41. The highest BCUT2D eigenvalue weighted by Gasteiger charge is 2.54. The quantitative estimate of drug-likeness (QED) is 0.0448. The first-order chi connectivity index (χ1) is 23.2. The molecule has 0 radical (unpaired) electrons. The fraction of sp³-hybridized carbons (Fsp3) is 0.425. The number of carbonyl (C=O) groups is 2. The highest BCUT2D eigenvalue weighted by Crippen LogP contribution is 2.44. The molecule has 48 heavy (non-hydrogen) atoms. The molecule has 2 unspecified atom stereocenters. The number of unbranched alkanes of at least 4 members (excludes halogenated alkanes) is 3. The Bertz CT molecular complexity index is 1560. The summed E-state index contributed by atoms with van der Waals surface area (Å²) < 4.78 is 5.71. The van der Waals surface area contributed by atoms with Crippen LogP contribution in [0.3, 0.4) is 0 Å². The molecule has 0 bridgehead atoms. The lowest BCUT2D eigenvalue weighted by atomic mass is 9.77. The van der Waals surface area contributed by atoms with E-state index in [1.165, 1.54) is 32.4 Å². The molecule has 1 saturated heterocycles. The van der Waals surface area contributed by atoms with Crippen LogP contribution in [0.2, 0.25) is 0 Å². The van der Waals surface area contributed by atoms with Crippen LogP contribution in [0.5, 0.6) is 0 Å². The Morgan fingerprint density at radius 2 is 1.67 bits per heavy atom. The van der Waals surface area contributed by atoms with Gasteiger partial charge in [-0.3, -0.25) is 9.79 Å². The molecule has 1 aliphatic heterocycles. The number of ketones is 1. The average molecular weight is 655 g/mol. The summed E-state index contributed by atoms with van der Waals surface area (Å²) in [6.45, 7) is 6.39. The number of esters is 1. The van der Waals surface area contributed by atoms with Crippen LogP contribution in [0.4, 0.5) is 0 Å². The molecule has 1 heterocycles. The van der Waals surface area contributed by atoms with Gasteiger partial charge in [-0.25, -0.2) is 4.79 Å². The summed E-state index contributed by atoms with van der Waals surface area (Å²) in [7, 11) is 0. The zero-order chi connectivity index (χ0) is 34.5. The number of nitrogens with zero attached hydrogens (tertiary/aromatic N) is 1. The number of allylic oxidation sites excluding steroid dienone is 3. The van der Waals surface area contributed by atoms with E-state index in [1.807, 2.05) is 60.7 Å². The molecule has 3 atom stereocenters. The Kier molecular flexibility index (Phi) is 13.5. The number of benzene rings is 2. The normalized spacial score (nSPS) is 20.4. The van der Waals surface area contributed by atoms with Gasteiger partial charge in [-0.2, -0.15) is 0 Å². The van der Waals surface area contributed by atoms with Crippen molar-refractivity contribution in [2.24, 2.45) is 10.9 Å². The highest BCUT2D eigenvalue weighted by molar-refractivity contribution is 6.23. The van der Waals surface area contributed by atoms with Crippen LogP contribution < -0.4 is 5.32 Å². The molecule has 2 aromatic rings. The second kappa shape index (κ2) is 17.8. The second-order valence-corrected chi connectivity index (χ2v) is 13.0. The number of aliphatic imine (C=N–C) groups is 1. The smallest absolute Gasteiger partial charge is 0.343 e. The van der Waals surface area contributed by atoms with E-state index in [-0.39, 0.29) is 28.9 Å². The van der Waals surface area contributed by atoms with Crippen LogP contribution in [0.25, 0.3) is 0 Å². The minimum absolute atomic E-state index is 0.0481. The molecule has 8 nitrogen and oxygen atoms in total. The molecular formula is C40H50N2O6. The molecular weight excluding hydrogens is 604 g/mol. The number of carbonyl (C=O) groups excluding carboxylic acids is 2. The number of aliphatic hydroxyl groups excluding tert-OH is 3. The molecule has 2 aliphatic rings. The van der Waals surface area contributed by atoms with E-state index in [4.69, 9.17) is 4.74 Å². The van der Waals surface area contributed by atoms with Crippen LogP contribution in [0.1, 0.15) is 83.3 Å². The third-order valence-electron chi connectivity index (χ3n) is 9.15. The lowest BCUT2D eigenvalue weighted by Gasteiger charge is -2.28. The highest BCUT2D eigenvalue weighted by atomic mass is 16.6. The van der Waals surface area contributed by atoms with Crippen molar-refractivity contribution in [3.8, 4) is 0 Å². The molecule has 4 N–H and O–H groups in total. The average Bonchev–Trinajstić information content (AvgIpc) is 3.36. The predicted molar refractivity (Wildman–Crippen MR) is 189 cm³/mol. The Hall–Kier alpha value is -4.27. The van der Waals surface area contributed by atoms with Crippen molar-refractivity contribution < 1.29 is 29.6 Å². The molecule has 0 saturated carbocycles. The Balaban J connectivity index is 1.64. The first-order valence-corrected chi connectivity index (χ1v) is 17.1. The summed E-state index contributed by atoms with van der Waals surface area (Å²) in [4.78, 5) is 31.8. The van der Waals surface area contributed by atoms with Gasteiger partial charge < -0.3 is 25.4 Å². The SMILES string of the molecule is CCC(C)CCCCCC/C(=C/C(O)=C1C(=O)O[C@@]2(C)C(=O)C(C=NCc3ccccc3)=C(CC(O)CO)C=C12)NCc1ccccc1. The maximum absolute atomic E-state index is 14.0. The van der Waals surface area contributed by atoms with Crippen LogP contribution in [0, 0.1) is 5.92 Å². The minimum Gasteiger partial charge on any atom is -0.507 e. The first-order valence-electron chi connectivity index (χ1n) is 17.1. The van der Waals surface area contributed by atoms with Crippen molar-refractivity contribution >= 4 is 18.0 Å². The van der Waals surface area contributed by atoms with Crippen LogP contribution >= 0.6 is 0 Å². The number of rotatable bonds is 18. The summed E-state index contributed by atoms with van der Waals surface area (Å²) in [5.74, 6) is -0.868. The monoisotopic (exact) mass is 654 g/mol. The van der Waals surface area contributed by atoms with Gasteiger partial charge in [0.25, 0.3) is 0 Å². The topological polar surface area (TPSA) is 128 Å². The number of ether oxygens (including phenoxy) is 1. The molecule has 1 fully saturated rings. The van der Waals surface area contributed by atoms with Crippen molar-refractivity contribution in [3.63, 3.8) is 0 Å². The zero-order valence-electron chi connectivity index (χ0n) is 28.5. The van der Waals surface area contributed by atoms with Crippen molar-refractivity contribution in [3.05, 3.63) is 118 Å². The maximum Gasteiger partial charge on any atom is 0.343 e. The minimum atomic E-state index is -1.68. The van der Waals surface area contributed by atoms with E-state index in [0.29, 0.717) is 25.1 Å². The van der Waals surface area contributed by atoms with Gasteiger partial charge in [0.1, 0.15) is 11.3 Å². The first kappa shape index (κ1) is 36.6. The summed E-state index contributed by atoms with van der Waals surface area (Å²) in [6.07, 6.45) is 10.8. The zero-order valence-corrected chi connectivity index (χ0v) is 28.5. The van der Waals surface area contributed by atoms with Gasteiger partial charge in [0.05, 0.1) is 19.3 Å². The number of hydrogen-bond donors (Lipinski definition) is 4. The third kappa shape index (κ3) is 9.64. The van der Waals surface area contributed by atoms with Crippen molar-refractivity contribution in [2.75, 3.05) is 6.61 Å². The van der Waals surface area contributed by atoms with Crippen molar-refractivity contribution in [1.82, 2.24) is 5.32 Å². The van der Waals surface area contributed by atoms with Gasteiger partial charge in [0.2, 0.25) is 5.78 Å². The Morgan fingerprint density at radius 3 is 2.33 bits per heavy atom. The van der Waals surface area contributed by atoms with Crippen LogP contribution in [-0.2, 0) is 27.4 Å². The van der Waals surface area contributed by atoms with Gasteiger partial charge in [-0.1, -0.05) is 107 Å². The van der Waals surface area contributed by atoms with Gasteiger partial charge in [0.15, 0.2) is 5.60 Å². The van der Waals surface area contributed by atoms with Gasteiger partial charge in [-0.15, -0.1) is 0 Å². The van der Waals surface area contributed by atoms with Crippen molar-refractivity contribution in [2.45, 2.75) is 96.9 Å². The number of nitrogens with one attached hydrogen (secondary N) is 1. The Morgan fingerprint density at radius 1 is 1.00 bits per heavy atom. The standard InChI is InChI=1S/C40H50N2O6/c1-4-28(2)15-9-5-6-14-20-32(42-25-30-18-12-8-13-19-30)23-36(45)37-35-22-31(21-33(44)27-43)34(38(46)40(35,3)48-39(37)47)26-41-24-29-16-10-7-11-17-29/h7-8,10-13,16-19,22-23,26,28,33,42-45H,4-6,9,14-15,20-21,24-25,27H2,1-3H3/b32-23-,37-36?,41-26?/t28?,33?,40-/m1/s1. The fourth-order valence-electron chi connectivity index (χ4n) is 6.00. The largest absolute Gasteiger partial charge is 0.507 e. The molecule has 4 rings (SSSR count).